The number of esters is 1. The molecule has 2 aromatic carbocycles. The van der Waals surface area contributed by atoms with Crippen molar-refractivity contribution in [2.75, 3.05) is 7.11 Å². The maximum Gasteiger partial charge on any atom is 0.328 e. The third kappa shape index (κ3) is 4.65. The van der Waals surface area contributed by atoms with Crippen molar-refractivity contribution in [2.45, 2.75) is 32.7 Å². The lowest BCUT2D eigenvalue weighted by atomic mass is 9.96. The summed E-state index contributed by atoms with van der Waals surface area (Å²) in [5, 5.41) is 2.53. The average molecular weight is 361 g/mol. The molecular formula is C20H21F2NO3. The molecule has 0 aliphatic carbocycles. The van der Waals surface area contributed by atoms with Crippen LogP contribution in [0.2, 0.25) is 0 Å². The van der Waals surface area contributed by atoms with E-state index >= 15 is 0 Å². The summed E-state index contributed by atoms with van der Waals surface area (Å²) >= 11 is 0. The van der Waals surface area contributed by atoms with Crippen molar-refractivity contribution in [3.05, 3.63) is 70.3 Å². The molecule has 0 aliphatic rings. The molecule has 2 rings (SSSR count). The van der Waals surface area contributed by atoms with Crippen molar-refractivity contribution in [1.82, 2.24) is 5.32 Å². The fourth-order valence-electron chi connectivity index (χ4n) is 2.82. The lowest BCUT2D eigenvalue weighted by Crippen LogP contribution is -2.44. The average Bonchev–Trinajstić information content (AvgIpc) is 2.60. The van der Waals surface area contributed by atoms with Gasteiger partial charge in [-0.2, -0.15) is 0 Å². The minimum atomic E-state index is -0.942. The fourth-order valence-corrected chi connectivity index (χ4v) is 2.82. The van der Waals surface area contributed by atoms with E-state index in [-0.39, 0.29) is 12.0 Å². The van der Waals surface area contributed by atoms with Crippen molar-refractivity contribution < 1.29 is 23.1 Å². The summed E-state index contributed by atoms with van der Waals surface area (Å²) in [6.07, 6.45) is -0.268. The molecular weight excluding hydrogens is 340 g/mol. The van der Waals surface area contributed by atoms with Crippen LogP contribution in [0.25, 0.3) is 0 Å². The van der Waals surface area contributed by atoms with E-state index in [1.54, 1.807) is 0 Å². The second kappa shape index (κ2) is 8.56. The first-order valence-corrected chi connectivity index (χ1v) is 8.18. The summed E-state index contributed by atoms with van der Waals surface area (Å²) in [5.41, 5.74) is 2.54. The van der Waals surface area contributed by atoms with E-state index < -0.39 is 36.0 Å². The van der Waals surface area contributed by atoms with Crippen LogP contribution in [-0.4, -0.2) is 25.0 Å². The Kier molecular flexibility index (Phi) is 6.44. The third-order valence-electron chi connectivity index (χ3n) is 4.27. The number of halogens is 2. The van der Waals surface area contributed by atoms with E-state index in [9.17, 15) is 18.4 Å². The van der Waals surface area contributed by atoms with Crippen molar-refractivity contribution >= 4 is 11.9 Å². The molecule has 0 heterocycles. The molecule has 26 heavy (non-hydrogen) atoms. The monoisotopic (exact) mass is 361 g/mol. The maximum atomic E-state index is 13.7. The highest BCUT2D eigenvalue weighted by atomic mass is 19.1. The number of benzene rings is 2. The molecule has 0 radical (unpaired) electrons. The Balaban J connectivity index is 2.18. The Morgan fingerprint density at radius 1 is 1.00 bits per heavy atom. The summed E-state index contributed by atoms with van der Waals surface area (Å²) in [6.45, 7) is 3.82. The SMILES string of the molecule is COC(=O)[C@H](Cc1c(C)cccc1C)NC(=O)Cc1c(F)cccc1F. The first-order valence-electron chi connectivity index (χ1n) is 8.18. The highest BCUT2D eigenvalue weighted by Crippen LogP contribution is 2.17. The zero-order valence-corrected chi connectivity index (χ0v) is 14.9. The molecule has 1 N–H and O–H groups in total. The van der Waals surface area contributed by atoms with Gasteiger partial charge in [-0.1, -0.05) is 24.3 Å². The van der Waals surface area contributed by atoms with Crippen molar-refractivity contribution in [1.29, 1.82) is 0 Å². The van der Waals surface area contributed by atoms with Gasteiger partial charge in [-0.3, -0.25) is 4.79 Å². The van der Waals surface area contributed by atoms with E-state index in [4.69, 9.17) is 4.74 Å². The number of aryl methyl sites for hydroxylation is 2. The predicted molar refractivity (Wildman–Crippen MR) is 93.6 cm³/mol. The van der Waals surface area contributed by atoms with Crippen LogP contribution >= 0.6 is 0 Å². The quantitative estimate of drug-likeness (QED) is 0.805. The van der Waals surface area contributed by atoms with Crippen LogP contribution in [0, 0.1) is 25.5 Å². The van der Waals surface area contributed by atoms with Crippen molar-refractivity contribution in [2.24, 2.45) is 0 Å². The van der Waals surface area contributed by atoms with Gasteiger partial charge in [-0.05, 0) is 42.7 Å². The zero-order chi connectivity index (χ0) is 19.3. The lowest BCUT2D eigenvalue weighted by molar-refractivity contribution is -0.145. The smallest absolute Gasteiger partial charge is 0.328 e. The maximum absolute atomic E-state index is 13.7. The molecule has 0 saturated carbocycles. The number of methoxy groups -OCH3 is 1. The van der Waals surface area contributed by atoms with Gasteiger partial charge >= 0.3 is 5.97 Å². The fraction of sp³-hybridized carbons (Fsp3) is 0.300. The molecule has 0 aromatic heterocycles. The Hall–Kier alpha value is -2.76. The molecule has 0 saturated heterocycles. The standard InChI is InChI=1S/C20H21F2NO3/c1-12-6-4-7-13(2)14(12)10-18(20(25)26-3)23-19(24)11-15-16(21)8-5-9-17(15)22/h4-9,18H,10-11H2,1-3H3,(H,23,24)/t18-/m0/s1. The summed E-state index contributed by atoms with van der Waals surface area (Å²) < 4.78 is 32.2. The second-order valence-electron chi connectivity index (χ2n) is 6.09. The largest absolute Gasteiger partial charge is 0.467 e. The van der Waals surface area contributed by atoms with Crippen LogP contribution in [0.5, 0.6) is 0 Å². The summed E-state index contributed by atoms with van der Waals surface area (Å²) in [6, 6.07) is 8.17. The van der Waals surface area contributed by atoms with Gasteiger partial charge < -0.3 is 10.1 Å². The molecule has 0 fully saturated rings. The molecule has 0 aliphatic heterocycles. The summed E-state index contributed by atoms with van der Waals surface area (Å²) in [7, 11) is 1.22. The number of carbonyl (C=O) groups is 2. The van der Waals surface area contributed by atoms with Gasteiger partial charge in [0.25, 0.3) is 0 Å². The Morgan fingerprint density at radius 3 is 2.08 bits per heavy atom. The van der Waals surface area contributed by atoms with Gasteiger partial charge in [0.05, 0.1) is 13.5 Å². The molecule has 138 valence electrons. The first-order chi connectivity index (χ1) is 12.3. The summed E-state index contributed by atoms with van der Waals surface area (Å²) in [4.78, 5) is 24.3. The lowest BCUT2D eigenvalue weighted by Gasteiger charge is -2.19. The topological polar surface area (TPSA) is 55.4 Å². The van der Waals surface area contributed by atoms with Gasteiger partial charge in [0.15, 0.2) is 0 Å². The Bertz CT molecular complexity index is 780. The van der Waals surface area contributed by atoms with Crippen LogP contribution in [0.15, 0.2) is 36.4 Å². The Morgan fingerprint density at radius 2 is 1.54 bits per heavy atom. The van der Waals surface area contributed by atoms with Crippen LogP contribution in [0.1, 0.15) is 22.3 Å². The number of nitrogens with one attached hydrogen (secondary N) is 1. The molecule has 6 heteroatoms. The number of ether oxygens (including phenoxy) is 1. The number of hydrogen-bond donors (Lipinski definition) is 1. The van der Waals surface area contributed by atoms with Gasteiger partial charge in [0.2, 0.25) is 5.91 Å². The van der Waals surface area contributed by atoms with Gasteiger partial charge in [0, 0.05) is 12.0 Å². The molecule has 1 amide bonds. The molecule has 0 spiro atoms. The normalized spacial score (nSPS) is 11.7. The number of hydrogen-bond acceptors (Lipinski definition) is 3. The van der Waals surface area contributed by atoms with Gasteiger partial charge in [-0.15, -0.1) is 0 Å². The van der Waals surface area contributed by atoms with Crippen molar-refractivity contribution in [3.63, 3.8) is 0 Å². The van der Waals surface area contributed by atoms with E-state index in [0.717, 1.165) is 28.8 Å². The van der Waals surface area contributed by atoms with E-state index in [0.29, 0.717) is 0 Å². The van der Waals surface area contributed by atoms with E-state index in [1.807, 2.05) is 32.0 Å². The predicted octanol–water partition coefficient (Wildman–Crippen LogP) is 3.02. The summed E-state index contributed by atoms with van der Waals surface area (Å²) in [5.74, 6) is -2.88. The number of rotatable bonds is 6. The minimum absolute atomic E-state index is 0.233. The number of carbonyl (C=O) groups excluding carboxylic acids is 2. The van der Waals surface area contributed by atoms with Crippen LogP contribution in [0.4, 0.5) is 8.78 Å². The van der Waals surface area contributed by atoms with Gasteiger partial charge in [-0.25, -0.2) is 13.6 Å². The molecule has 2 aromatic rings. The highest BCUT2D eigenvalue weighted by Gasteiger charge is 2.24. The third-order valence-corrected chi connectivity index (χ3v) is 4.27. The molecule has 4 nitrogen and oxygen atoms in total. The first kappa shape index (κ1) is 19.6. The van der Waals surface area contributed by atoms with Crippen LogP contribution in [-0.2, 0) is 27.2 Å². The molecule has 0 unspecified atom stereocenters. The van der Waals surface area contributed by atoms with Crippen molar-refractivity contribution in [3.8, 4) is 0 Å². The second-order valence-corrected chi connectivity index (χ2v) is 6.09. The zero-order valence-electron chi connectivity index (χ0n) is 14.9. The molecule has 1 atom stereocenters. The van der Waals surface area contributed by atoms with Crippen LogP contribution < -0.4 is 5.32 Å². The number of amides is 1. The van der Waals surface area contributed by atoms with E-state index in [1.165, 1.54) is 13.2 Å². The Labute approximate surface area is 151 Å². The minimum Gasteiger partial charge on any atom is -0.467 e. The molecule has 0 bridgehead atoms. The van der Waals surface area contributed by atoms with Gasteiger partial charge in [0.1, 0.15) is 17.7 Å². The van der Waals surface area contributed by atoms with Crippen LogP contribution in [0.3, 0.4) is 0 Å². The van der Waals surface area contributed by atoms with E-state index in [2.05, 4.69) is 5.32 Å². The highest BCUT2D eigenvalue weighted by molar-refractivity contribution is 5.86.